The van der Waals surface area contributed by atoms with Crippen LogP contribution in [0.25, 0.3) is 0 Å². The SMILES string of the molecule is [B]C(Oc1ccc(C(=O)O)cc1C([B])([B])C([B])([B])C([B])([B])[B])(C(=O)NS(=O)(=O)c1ccc(C(C)C)cc1)c1ccc2c(c1)OCO2. The Hall–Kier alpha value is -3.53. The third-order valence-electron chi connectivity index (χ3n) is 7.57. The lowest BCUT2D eigenvalue weighted by molar-refractivity contribution is -0.129. The van der Waals surface area contributed by atoms with Crippen molar-refractivity contribution in [3.05, 3.63) is 82.9 Å². The number of fused-ring (bicyclic) bond motifs is 1. The molecule has 1 unspecified atom stereocenters. The third-order valence-corrected chi connectivity index (χ3v) is 8.91. The molecule has 0 bridgehead atoms. The van der Waals surface area contributed by atoms with Gasteiger partial charge in [-0.05, 0) is 65.1 Å². The van der Waals surface area contributed by atoms with Gasteiger partial charge in [-0.25, -0.2) is 17.9 Å². The first-order valence-electron chi connectivity index (χ1n) is 13.6. The van der Waals surface area contributed by atoms with E-state index in [1.54, 1.807) is 12.1 Å². The van der Waals surface area contributed by atoms with Gasteiger partial charge in [-0.2, -0.15) is 0 Å². The van der Waals surface area contributed by atoms with Crippen LogP contribution in [0.1, 0.15) is 46.8 Å². The summed E-state index contributed by atoms with van der Waals surface area (Å²) in [4.78, 5) is 25.6. The number of carboxylic acid groups (broad SMARTS) is 1. The van der Waals surface area contributed by atoms with Gasteiger partial charge in [-0.3, -0.25) is 4.79 Å². The molecule has 0 fully saturated rings. The molecule has 216 valence electrons. The molecule has 3 aromatic rings. The van der Waals surface area contributed by atoms with E-state index in [1.165, 1.54) is 30.3 Å². The fraction of sp³-hybridized carbons (Fsp3) is 0.286. The Morgan fingerprint density at radius 2 is 1.48 bits per heavy atom. The van der Waals surface area contributed by atoms with Gasteiger partial charge in [0.2, 0.25) is 6.79 Å². The molecule has 0 aromatic heterocycles. The zero-order chi connectivity index (χ0) is 34.5. The topological polar surface area (TPSA) is 128 Å². The monoisotopic (exact) mass is 619 g/mol. The summed E-state index contributed by atoms with van der Waals surface area (Å²) in [6, 6.07) is 12.9. The maximum atomic E-state index is 13.9. The molecule has 3 aromatic carbocycles. The Morgan fingerprint density at radius 1 is 0.870 bits per heavy atom. The lowest BCUT2D eigenvalue weighted by Crippen LogP contribution is -2.53. The largest absolute Gasteiger partial charge is 0.483 e. The van der Waals surface area contributed by atoms with E-state index in [0.717, 1.165) is 23.8 Å². The van der Waals surface area contributed by atoms with Crippen LogP contribution in [0.5, 0.6) is 17.2 Å². The van der Waals surface area contributed by atoms with Gasteiger partial charge in [-0.15, -0.1) is 10.3 Å². The van der Waals surface area contributed by atoms with Gasteiger partial charge in [-0.1, -0.05) is 37.3 Å². The van der Waals surface area contributed by atoms with Crippen LogP contribution >= 0.6 is 0 Å². The van der Waals surface area contributed by atoms with E-state index in [1.807, 2.05) is 18.6 Å². The molecule has 1 heterocycles. The van der Waals surface area contributed by atoms with Crippen molar-refractivity contribution in [3.8, 4) is 17.2 Å². The predicted molar refractivity (Wildman–Crippen MR) is 177 cm³/mol. The van der Waals surface area contributed by atoms with Crippen molar-refractivity contribution in [2.75, 3.05) is 6.79 Å². The number of carbonyl (C=O) groups is 2. The molecular weight excluding hydrogens is 597 g/mol. The van der Waals surface area contributed by atoms with E-state index in [9.17, 15) is 23.1 Å². The molecule has 9 nitrogen and oxygen atoms in total. The summed E-state index contributed by atoms with van der Waals surface area (Å²) >= 11 is 0. The highest BCUT2D eigenvalue weighted by Crippen LogP contribution is 2.53. The number of ether oxygens (including phenoxy) is 3. The van der Waals surface area contributed by atoms with Crippen molar-refractivity contribution >= 4 is 84.7 Å². The number of hydrogen-bond donors (Lipinski definition) is 2. The van der Waals surface area contributed by atoms with Crippen molar-refractivity contribution in [1.82, 2.24) is 4.72 Å². The summed E-state index contributed by atoms with van der Waals surface area (Å²) in [6.07, 6.45) is 0. The minimum absolute atomic E-state index is 0.116. The van der Waals surface area contributed by atoms with Gasteiger partial charge in [0.15, 0.2) is 24.8 Å². The van der Waals surface area contributed by atoms with Crippen LogP contribution < -0.4 is 18.9 Å². The second-order valence-electron chi connectivity index (χ2n) is 11.3. The number of hydrogen-bond acceptors (Lipinski definition) is 7. The molecule has 18 heteroatoms. The Kier molecular flexibility index (Phi) is 9.41. The average Bonchev–Trinajstić information content (AvgIpc) is 3.44. The Labute approximate surface area is 278 Å². The summed E-state index contributed by atoms with van der Waals surface area (Å²) < 4.78 is 45.4. The second-order valence-corrected chi connectivity index (χ2v) is 12.9. The zero-order valence-electron chi connectivity index (χ0n) is 24.9. The van der Waals surface area contributed by atoms with Crippen molar-refractivity contribution < 1.29 is 37.3 Å². The van der Waals surface area contributed by atoms with Crippen LogP contribution in [0.2, 0.25) is 10.3 Å². The smallest absolute Gasteiger partial charge is 0.335 e. The maximum Gasteiger partial charge on any atom is 0.335 e. The van der Waals surface area contributed by atoms with Crippen molar-refractivity contribution in [1.29, 1.82) is 0 Å². The lowest BCUT2D eigenvalue weighted by atomic mass is 9.13. The number of carbonyl (C=O) groups excluding carboxylic acids is 1. The minimum Gasteiger partial charge on any atom is -0.483 e. The van der Waals surface area contributed by atoms with E-state index in [4.69, 9.17) is 77.0 Å². The molecule has 2 N–H and O–H groups in total. The molecule has 46 heavy (non-hydrogen) atoms. The first-order valence-corrected chi connectivity index (χ1v) is 15.1. The van der Waals surface area contributed by atoms with Gasteiger partial charge in [0.25, 0.3) is 15.9 Å². The summed E-state index contributed by atoms with van der Waals surface area (Å²) in [7, 11) is 44.2. The number of aromatic carboxylic acids is 1. The quantitative estimate of drug-likeness (QED) is 0.301. The third kappa shape index (κ3) is 6.50. The van der Waals surface area contributed by atoms with Crippen LogP contribution in [0.4, 0.5) is 0 Å². The standard InChI is InChI=1S/C28H21B8NO8S/c1-14(2)15-3-7-18(8-4-15)46(41,42)37-24(40)25(29,17-6-10-21-22(12-17)44-13-43-21)45-20-9-5-16(23(38)39)11-19(20)26(30,31)27(32,33)28(34,35)36/h3-12,14H,13H2,1-2H3,(H,37,40)(H,38,39). The number of rotatable bonds is 11. The van der Waals surface area contributed by atoms with Gasteiger partial charge >= 0.3 is 5.97 Å². The Balaban J connectivity index is 1.87. The number of carboxylic acids is 1. The summed E-state index contributed by atoms with van der Waals surface area (Å²) in [5.41, 5.74) is -2.82. The Bertz CT molecular complexity index is 1780. The summed E-state index contributed by atoms with van der Waals surface area (Å²) in [5.74, 6) is -2.69. The van der Waals surface area contributed by atoms with E-state index in [-0.39, 0.29) is 34.5 Å². The fourth-order valence-electron chi connectivity index (χ4n) is 4.48. The summed E-state index contributed by atoms with van der Waals surface area (Å²) in [5, 5.41) is 2.06. The first-order chi connectivity index (χ1) is 21.1. The number of amides is 1. The molecule has 0 aliphatic carbocycles. The molecule has 0 spiro atoms. The van der Waals surface area contributed by atoms with Crippen LogP contribution in [0.15, 0.2) is 65.6 Å². The normalized spacial score (nSPS) is 14.8. The molecule has 1 atom stereocenters. The zero-order valence-corrected chi connectivity index (χ0v) is 25.7. The average molecular weight is 618 g/mol. The first kappa shape index (κ1) is 35.3. The molecule has 1 amide bonds. The summed E-state index contributed by atoms with van der Waals surface area (Å²) in [6.45, 7) is 3.72. The highest BCUT2D eigenvalue weighted by Gasteiger charge is 2.46. The molecule has 0 saturated heterocycles. The van der Waals surface area contributed by atoms with E-state index in [0.29, 0.717) is 5.75 Å². The Morgan fingerprint density at radius 3 is 2.04 bits per heavy atom. The number of benzene rings is 3. The molecule has 0 saturated carbocycles. The number of sulfonamides is 1. The van der Waals surface area contributed by atoms with Crippen LogP contribution in [0, 0.1) is 0 Å². The van der Waals surface area contributed by atoms with Crippen LogP contribution in [0.3, 0.4) is 0 Å². The van der Waals surface area contributed by atoms with E-state index < -0.39 is 54.3 Å². The second kappa shape index (κ2) is 12.2. The predicted octanol–water partition coefficient (Wildman–Crippen LogP) is 0.665. The van der Waals surface area contributed by atoms with Gasteiger partial charge in [0.05, 0.1) is 41.8 Å². The van der Waals surface area contributed by atoms with E-state index in [2.05, 4.69) is 0 Å². The minimum atomic E-state index is -4.53. The van der Waals surface area contributed by atoms with Gasteiger partial charge < -0.3 is 19.3 Å². The van der Waals surface area contributed by atoms with Gasteiger partial charge in [0, 0.05) is 23.5 Å². The molecular formula is C28H21B8NO8S. The van der Waals surface area contributed by atoms with Crippen LogP contribution in [-0.2, 0) is 25.5 Å². The maximum absolute atomic E-state index is 13.9. The molecule has 1 aliphatic heterocycles. The molecule has 1 aliphatic rings. The van der Waals surface area contributed by atoms with Crippen molar-refractivity contribution in [2.45, 2.75) is 45.7 Å². The molecule has 16 radical (unpaired) electrons. The van der Waals surface area contributed by atoms with Crippen molar-refractivity contribution in [3.63, 3.8) is 0 Å². The fourth-order valence-corrected chi connectivity index (χ4v) is 5.49. The highest BCUT2D eigenvalue weighted by atomic mass is 32.2. The lowest BCUT2D eigenvalue weighted by Gasteiger charge is -2.55. The highest BCUT2D eigenvalue weighted by molar-refractivity contribution is 7.90. The van der Waals surface area contributed by atoms with Crippen LogP contribution in [-0.4, -0.2) is 95.0 Å². The van der Waals surface area contributed by atoms with E-state index >= 15 is 0 Å². The van der Waals surface area contributed by atoms with Gasteiger partial charge in [0.1, 0.15) is 5.75 Å². The molecule has 4 rings (SSSR count). The number of nitrogens with one attached hydrogen (secondary N) is 1. The van der Waals surface area contributed by atoms with Crippen molar-refractivity contribution in [2.24, 2.45) is 0 Å².